The number of hydrogen-bond acceptors (Lipinski definition) is 2. The lowest BCUT2D eigenvalue weighted by molar-refractivity contribution is 0.0435. The Morgan fingerprint density at radius 1 is 1.08 bits per heavy atom. The van der Waals surface area contributed by atoms with Crippen molar-refractivity contribution in [1.29, 1.82) is 0 Å². The van der Waals surface area contributed by atoms with Crippen LogP contribution in [0.15, 0.2) is 0 Å². The summed E-state index contributed by atoms with van der Waals surface area (Å²) in [7, 11) is 4.08. The molecule has 0 bridgehead atoms. The van der Waals surface area contributed by atoms with Crippen molar-refractivity contribution in [3.8, 4) is 0 Å². The van der Waals surface area contributed by atoms with E-state index in [9.17, 15) is 5.11 Å². The number of nitrogens with zero attached hydrogens (tertiary/aromatic N) is 1. The van der Waals surface area contributed by atoms with E-state index < -0.39 is 0 Å². The third-order valence-electron chi connectivity index (χ3n) is 2.36. The fourth-order valence-electron chi connectivity index (χ4n) is 1.69. The molecular weight excluding hydrogens is 150 g/mol. The molecule has 0 amide bonds. The van der Waals surface area contributed by atoms with Gasteiger partial charge in [0.1, 0.15) is 0 Å². The van der Waals surface area contributed by atoms with Gasteiger partial charge in [0.2, 0.25) is 0 Å². The fraction of sp³-hybridized carbons (Fsp3) is 1.00. The van der Waals surface area contributed by atoms with E-state index in [2.05, 4.69) is 4.90 Å². The topological polar surface area (TPSA) is 23.5 Å². The molecule has 1 aliphatic carbocycles. The van der Waals surface area contributed by atoms with Gasteiger partial charge >= 0.3 is 0 Å². The predicted molar refractivity (Wildman–Crippen MR) is 53.3 cm³/mol. The third-order valence-corrected chi connectivity index (χ3v) is 2.36. The van der Waals surface area contributed by atoms with Crippen LogP contribution in [-0.4, -0.2) is 36.2 Å². The molecule has 1 saturated carbocycles. The third kappa shape index (κ3) is 3.55. The predicted octanol–water partition coefficient (Wildman–Crippen LogP) is 1.88. The summed E-state index contributed by atoms with van der Waals surface area (Å²) in [5.41, 5.74) is 0. The first-order valence-corrected chi connectivity index (χ1v) is 5.06. The van der Waals surface area contributed by atoms with E-state index in [4.69, 9.17) is 0 Å². The minimum absolute atomic E-state index is 0.0799. The van der Waals surface area contributed by atoms with Gasteiger partial charge in [0, 0.05) is 6.04 Å². The average molecular weight is 173 g/mol. The first-order chi connectivity index (χ1) is 5.72. The summed E-state index contributed by atoms with van der Waals surface area (Å²) in [5.74, 6) is 0. The lowest BCUT2D eigenvalue weighted by Gasteiger charge is -2.32. The lowest BCUT2D eigenvalue weighted by atomic mass is 9.92. The summed E-state index contributed by atoms with van der Waals surface area (Å²) >= 11 is 0. The van der Waals surface area contributed by atoms with Crippen LogP contribution < -0.4 is 0 Å². The summed E-state index contributed by atoms with van der Waals surface area (Å²) in [6, 6.07) is 0.411. The Bertz CT molecular complexity index is 104. The molecule has 2 heteroatoms. The Morgan fingerprint density at radius 3 is 1.92 bits per heavy atom. The summed E-state index contributed by atoms with van der Waals surface area (Å²) < 4.78 is 0. The minimum atomic E-state index is -0.0799. The van der Waals surface area contributed by atoms with E-state index in [0.29, 0.717) is 6.04 Å². The standard InChI is InChI=1S/C8H17NO.C2H6/c1-9(2)7-5-3-4-6-8(7)10;1-2/h7-8,10H,3-6H2,1-2H3;1-2H3/t7?,8-;/m1./s1. The zero-order valence-electron chi connectivity index (χ0n) is 8.88. The molecule has 74 valence electrons. The van der Waals surface area contributed by atoms with Crippen molar-refractivity contribution < 1.29 is 5.11 Å². The highest BCUT2D eigenvalue weighted by molar-refractivity contribution is 4.79. The summed E-state index contributed by atoms with van der Waals surface area (Å²) in [5, 5.41) is 9.50. The van der Waals surface area contributed by atoms with E-state index in [1.54, 1.807) is 0 Å². The van der Waals surface area contributed by atoms with Gasteiger partial charge in [-0.25, -0.2) is 0 Å². The van der Waals surface area contributed by atoms with Crippen LogP contribution in [0.2, 0.25) is 0 Å². The van der Waals surface area contributed by atoms with Gasteiger partial charge in [-0.05, 0) is 26.9 Å². The first-order valence-electron chi connectivity index (χ1n) is 5.06. The zero-order valence-corrected chi connectivity index (χ0v) is 8.88. The first kappa shape index (κ1) is 11.9. The second-order valence-corrected chi connectivity index (χ2v) is 3.38. The number of rotatable bonds is 1. The van der Waals surface area contributed by atoms with Crippen LogP contribution in [0, 0.1) is 0 Å². The van der Waals surface area contributed by atoms with Gasteiger partial charge in [0.15, 0.2) is 0 Å². The van der Waals surface area contributed by atoms with Crippen LogP contribution >= 0.6 is 0 Å². The van der Waals surface area contributed by atoms with E-state index in [0.717, 1.165) is 12.8 Å². The Hall–Kier alpha value is -0.0800. The molecule has 0 heterocycles. The van der Waals surface area contributed by atoms with Gasteiger partial charge in [-0.2, -0.15) is 0 Å². The maximum atomic E-state index is 9.50. The number of aliphatic hydroxyl groups excluding tert-OH is 1. The van der Waals surface area contributed by atoms with E-state index in [1.807, 2.05) is 27.9 Å². The summed E-state index contributed by atoms with van der Waals surface area (Å²) in [6.07, 6.45) is 4.55. The lowest BCUT2D eigenvalue weighted by Crippen LogP contribution is -2.41. The Kier molecular flexibility index (Phi) is 6.39. The van der Waals surface area contributed by atoms with Crippen molar-refractivity contribution in [2.24, 2.45) is 0 Å². The van der Waals surface area contributed by atoms with Crippen molar-refractivity contribution >= 4 is 0 Å². The van der Waals surface area contributed by atoms with Crippen molar-refractivity contribution in [2.45, 2.75) is 51.7 Å². The average Bonchev–Trinajstić information content (AvgIpc) is 2.08. The number of likely N-dealkylation sites (N-methyl/N-ethyl adjacent to an activating group) is 1. The van der Waals surface area contributed by atoms with Crippen LogP contribution in [0.25, 0.3) is 0 Å². The number of hydrogen-bond donors (Lipinski definition) is 1. The molecular formula is C10H23NO. The molecule has 0 aliphatic heterocycles. The molecule has 0 aromatic rings. The highest BCUT2D eigenvalue weighted by atomic mass is 16.3. The molecule has 12 heavy (non-hydrogen) atoms. The maximum Gasteiger partial charge on any atom is 0.0695 e. The van der Waals surface area contributed by atoms with Gasteiger partial charge in [0.05, 0.1) is 6.10 Å². The van der Waals surface area contributed by atoms with Gasteiger partial charge in [-0.1, -0.05) is 26.7 Å². The maximum absolute atomic E-state index is 9.50. The van der Waals surface area contributed by atoms with Gasteiger partial charge in [-0.15, -0.1) is 0 Å². The highest BCUT2D eigenvalue weighted by Gasteiger charge is 2.23. The second kappa shape index (κ2) is 6.44. The monoisotopic (exact) mass is 173 g/mol. The van der Waals surface area contributed by atoms with Crippen LogP contribution in [0.5, 0.6) is 0 Å². The van der Waals surface area contributed by atoms with Crippen LogP contribution in [0.1, 0.15) is 39.5 Å². The van der Waals surface area contributed by atoms with Gasteiger partial charge in [0.25, 0.3) is 0 Å². The molecule has 1 aliphatic rings. The van der Waals surface area contributed by atoms with Crippen molar-refractivity contribution in [1.82, 2.24) is 4.90 Å². The van der Waals surface area contributed by atoms with E-state index >= 15 is 0 Å². The molecule has 2 nitrogen and oxygen atoms in total. The Morgan fingerprint density at radius 2 is 1.58 bits per heavy atom. The largest absolute Gasteiger partial charge is 0.391 e. The molecule has 0 radical (unpaired) electrons. The normalized spacial score (nSPS) is 29.5. The molecule has 1 N–H and O–H groups in total. The van der Waals surface area contributed by atoms with Crippen molar-refractivity contribution in [3.63, 3.8) is 0 Å². The summed E-state index contributed by atoms with van der Waals surface area (Å²) in [6.45, 7) is 4.00. The zero-order chi connectivity index (χ0) is 9.56. The van der Waals surface area contributed by atoms with Crippen molar-refractivity contribution in [2.75, 3.05) is 14.1 Å². The second-order valence-electron chi connectivity index (χ2n) is 3.38. The summed E-state index contributed by atoms with van der Waals surface area (Å²) in [4.78, 5) is 2.13. The van der Waals surface area contributed by atoms with Crippen LogP contribution in [0.4, 0.5) is 0 Å². The molecule has 0 spiro atoms. The Balaban J connectivity index is 0.000000561. The fourth-order valence-corrected chi connectivity index (χ4v) is 1.69. The highest BCUT2D eigenvalue weighted by Crippen LogP contribution is 2.20. The minimum Gasteiger partial charge on any atom is -0.391 e. The molecule has 2 atom stereocenters. The number of aliphatic hydroxyl groups is 1. The van der Waals surface area contributed by atoms with Gasteiger partial charge < -0.3 is 10.0 Å². The molecule has 0 aromatic heterocycles. The molecule has 0 saturated heterocycles. The van der Waals surface area contributed by atoms with E-state index in [1.165, 1.54) is 12.8 Å². The quantitative estimate of drug-likeness (QED) is 0.654. The van der Waals surface area contributed by atoms with Crippen LogP contribution in [-0.2, 0) is 0 Å². The van der Waals surface area contributed by atoms with Crippen molar-refractivity contribution in [3.05, 3.63) is 0 Å². The van der Waals surface area contributed by atoms with E-state index in [-0.39, 0.29) is 6.10 Å². The molecule has 0 aromatic carbocycles. The SMILES string of the molecule is CC.CN(C)C1CCCC[C@H]1O. The molecule has 1 rings (SSSR count). The Labute approximate surface area is 76.6 Å². The van der Waals surface area contributed by atoms with Crippen LogP contribution in [0.3, 0.4) is 0 Å². The smallest absolute Gasteiger partial charge is 0.0695 e. The molecule has 1 fully saturated rings. The molecule has 1 unspecified atom stereocenters. The van der Waals surface area contributed by atoms with Gasteiger partial charge in [-0.3, -0.25) is 0 Å².